The van der Waals surface area contributed by atoms with Gasteiger partial charge in [0.25, 0.3) is 11.8 Å². The number of carbonyl (C=O) groups is 3. The second-order valence-corrected chi connectivity index (χ2v) is 9.78. The Morgan fingerprint density at radius 2 is 1.67 bits per heavy atom. The van der Waals surface area contributed by atoms with Gasteiger partial charge < -0.3 is 10.1 Å². The van der Waals surface area contributed by atoms with Gasteiger partial charge in [-0.3, -0.25) is 9.59 Å². The zero-order chi connectivity index (χ0) is 25.8. The summed E-state index contributed by atoms with van der Waals surface area (Å²) in [6.07, 6.45) is 0.718. The Bertz CT molecular complexity index is 1350. The summed E-state index contributed by atoms with van der Waals surface area (Å²) >= 11 is 7.50. The molecule has 8 heteroatoms. The first-order valence-electron chi connectivity index (χ1n) is 11.5. The Kier molecular flexibility index (Phi) is 7.82. The minimum atomic E-state index is -0.490. The van der Waals surface area contributed by atoms with Gasteiger partial charge in [0.2, 0.25) is 0 Å². The molecule has 6 nitrogen and oxygen atoms in total. The van der Waals surface area contributed by atoms with E-state index in [9.17, 15) is 14.4 Å². The second-order valence-electron chi connectivity index (χ2n) is 8.29. The van der Waals surface area contributed by atoms with Crippen molar-refractivity contribution in [3.05, 3.63) is 99.0 Å². The van der Waals surface area contributed by atoms with Crippen molar-refractivity contribution in [2.45, 2.75) is 32.1 Å². The number of aryl methyl sites for hydroxylation is 1. The number of rotatable bonds is 8. The van der Waals surface area contributed by atoms with Gasteiger partial charge in [-0.15, -0.1) is 0 Å². The molecule has 0 spiro atoms. The molecule has 0 aliphatic carbocycles. The van der Waals surface area contributed by atoms with Crippen molar-refractivity contribution in [1.82, 2.24) is 0 Å². The fourth-order valence-electron chi connectivity index (χ4n) is 3.58. The lowest BCUT2D eigenvalue weighted by atomic mass is 10.2. The van der Waals surface area contributed by atoms with Crippen molar-refractivity contribution in [2.75, 3.05) is 16.8 Å². The highest BCUT2D eigenvalue weighted by atomic mass is 35.5. The van der Waals surface area contributed by atoms with Gasteiger partial charge in [0, 0.05) is 15.6 Å². The average molecular weight is 521 g/mol. The molecule has 0 bridgehead atoms. The highest BCUT2D eigenvalue weighted by molar-refractivity contribution is 8.04. The number of nitrogens with zero attached hydrogens (tertiary/aromatic N) is 1. The zero-order valence-electron chi connectivity index (χ0n) is 20.1. The third kappa shape index (κ3) is 5.32. The maximum atomic E-state index is 13.6. The summed E-state index contributed by atoms with van der Waals surface area (Å²) < 4.78 is 5.16. The molecule has 1 aliphatic rings. The third-order valence-electron chi connectivity index (χ3n) is 5.61. The van der Waals surface area contributed by atoms with Crippen LogP contribution in [0.5, 0.6) is 0 Å². The lowest BCUT2D eigenvalue weighted by Gasteiger charge is -2.16. The van der Waals surface area contributed by atoms with E-state index >= 15 is 0 Å². The van der Waals surface area contributed by atoms with Crippen LogP contribution in [-0.2, 0) is 14.3 Å². The average Bonchev–Trinajstić information content (AvgIpc) is 3.10. The summed E-state index contributed by atoms with van der Waals surface area (Å²) in [5.74, 6) is -1.39. The van der Waals surface area contributed by atoms with E-state index < -0.39 is 17.8 Å². The van der Waals surface area contributed by atoms with Crippen molar-refractivity contribution >= 4 is 52.5 Å². The van der Waals surface area contributed by atoms with Gasteiger partial charge in [-0.05, 0) is 74.4 Å². The standard InChI is InChI=1S/C28H25ClN2O4S/c1-4-16-35-28(34)19-10-12-20(13-11-19)31-26(32)24(30-23-7-5-6-22(29)18(23)3)25(27(31)33)36-21-14-8-17(2)9-15-21/h5-15,30H,4,16H2,1-3H3. The van der Waals surface area contributed by atoms with E-state index in [4.69, 9.17) is 16.3 Å². The van der Waals surface area contributed by atoms with Crippen LogP contribution in [0.15, 0.2) is 82.2 Å². The largest absolute Gasteiger partial charge is 0.462 e. The highest BCUT2D eigenvalue weighted by Gasteiger charge is 2.40. The van der Waals surface area contributed by atoms with Gasteiger partial charge in [-0.1, -0.05) is 54.0 Å². The van der Waals surface area contributed by atoms with Gasteiger partial charge in [-0.25, -0.2) is 9.69 Å². The number of benzene rings is 3. The minimum Gasteiger partial charge on any atom is -0.462 e. The van der Waals surface area contributed by atoms with E-state index in [0.29, 0.717) is 28.6 Å². The maximum Gasteiger partial charge on any atom is 0.338 e. The topological polar surface area (TPSA) is 75.7 Å². The van der Waals surface area contributed by atoms with Crippen LogP contribution in [0.1, 0.15) is 34.8 Å². The molecule has 0 saturated heterocycles. The lowest BCUT2D eigenvalue weighted by Crippen LogP contribution is -2.32. The fourth-order valence-corrected chi connectivity index (χ4v) is 4.68. The number of anilines is 2. The molecule has 2 amide bonds. The number of hydrogen-bond donors (Lipinski definition) is 1. The van der Waals surface area contributed by atoms with Crippen LogP contribution in [-0.4, -0.2) is 24.4 Å². The summed E-state index contributed by atoms with van der Waals surface area (Å²) in [7, 11) is 0. The Labute approximate surface area is 219 Å². The Hall–Kier alpha value is -3.55. The molecule has 184 valence electrons. The number of esters is 1. The number of thioether (sulfide) groups is 1. The van der Waals surface area contributed by atoms with E-state index in [2.05, 4.69) is 5.32 Å². The Morgan fingerprint density at radius 3 is 2.33 bits per heavy atom. The van der Waals surface area contributed by atoms with E-state index in [1.54, 1.807) is 42.5 Å². The van der Waals surface area contributed by atoms with E-state index in [1.165, 1.54) is 11.8 Å². The SMILES string of the molecule is CCCOC(=O)c1ccc(N2C(=O)C(Nc3cccc(Cl)c3C)=C(Sc3ccc(C)cc3)C2=O)cc1. The Balaban J connectivity index is 1.68. The first-order valence-corrected chi connectivity index (χ1v) is 12.7. The number of halogens is 1. The molecule has 1 heterocycles. The maximum absolute atomic E-state index is 13.6. The zero-order valence-corrected chi connectivity index (χ0v) is 21.7. The number of amides is 2. The van der Waals surface area contributed by atoms with Gasteiger partial charge in [0.1, 0.15) is 10.6 Å². The van der Waals surface area contributed by atoms with Gasteiger partial charge in [0.15, 0.2) is 0 Å². The summed E-state index contributed by atoms with van der Waals surface area (Å²) in [4.78, 5) is 41.5. The molecular weight excluding hydrogens is 496 g/mol. The minimum absolute atomic E-state index is 0.169. The molecule has 4 rings (SSSR count). The molecule has 0 atom stereocenters. The van der Waals surface area contributed by atoms with Crippen LogP contribution in [0.25, 0.3) is 0 Å². The van der Waals surface area contributed by atoms with Crippen molar-refractivity contribution in [1.29, 1.82) is 0 Å². The molecule has 0 unspecified atom stereocenters. The van der Waals surface area contributed by atoms with Crippen LogP contribution in [0.4, 0.5) is 11.4 Å². The molecular formula is C28H25ClN2O4S. The van der Waals surface area contributed by atoms with E-state index in [1.807, 2.05) is 45.0 Å². The molecule has 0 aromatic heterocycles. The fraction of sp³-hybridized carbons (Fsp3) is 0.179. The molecule has 0 saturated carbocycles. The summed E-state index contributed by atoms with van der Waals surface area (Å²) in [5.41, 5.74) is 3.37. The lowest BCUT2D eigenvalue weighted by molar-refractivity contribution is -0.120. The van der Waals surface area contributed by atoms with Gasteiger partial charge in [0.05, 0.1) is 17.9 Å². The number of hydrogen-bond acceptors (Lipinski definition) is 6. The number of carbonyl (C=O) groups excluding carboxylic acids is 3. The first-order chi connectivity index (χ1) is 17.3. The van der Waals surface area contributed by atoms with Gasteiger partial charge in [-0.2, -0.15) is 0 Å². The normalized spacial score (nSPS) is 13.4. The third-order valence-corrected chi connectivity index (χ3v) is 7.11. The molecule has 3 aromatic rings. The number of ether oxygens (including phenoxy) is 1. The smallest absolute Gasteiger partial charge is 0.338 e. The molecule has 3 aromatic carbocycles. The first kappa shape index (κ1) is 25.5. The molecule has 0 radical (unpaired) electrons. The van der Waals surface area contributed by atoms with Crippen molar-refractivity contribution in [2.24, 2.45) is 0 Å². The van der Waals surface area contributed by atoms with Crippen molar-refractivity contribution < 1.29 is 19.1 Å². The van der Waals surface area contributed by atoms with Crippen LogP contribution >= 0.6 is 23.4 Å². The number of imide groups is 1. The van der Waals surface area contributed by atoms with Crippen LogP contribution in [0.2, 0.25) is 5.02 Å². The second kappa shape index (κ2) is 11.0. The molecule has 1 N–H and O–H groups in total. The van der Waals surface area contributed by atoms with Crippen LogP contribution < -0.4 is 10.2 Å². The molecule has 36 heavy (non-hydrogen) atoms. The summed E-state index contributed by atoms with van der Waals surface area (Å²) in [6, 6.07) is 19.3. The quantitative estimate of drug-likeness (QED) is 0.269. The molecule has 1 aliphatic heterocycles. The van der Waals surface area contributed by atoms with Crippen molar-refractivity contribution in [3.8, 4) is 0 Å². The summed E-state index contributed by atoms with van der Waals surface area (Å²) in [6.45, 7) is 6.06. The van der Waals surface area contributed by atoms with Crippen LogP contribution in [0, 0.1) is 13.8 Å². The van der Waals surface area contributed by atoms with Gasteiger partial charge >= 0.3 is 5.97 Å². The number of nitrogens with one attached hydrogen (secondary N) is 1. The molecule has 0 fully saturated rings. The summed E-state index contributed by atoms with van der Waals surface area (Å²) in [5, 5.41) is 3.70. The van der Waals surface area contributed by atoms with Crippen molar-refractivity contribution in [3.63, 3.8) is 0 Å². The van der Waals surface area contributed by atoms with Crippen LogP contribution in [0.3, 0.4) is 0 Å². The van der Waals surface area contributed by atoms with E-state index in [-0.39, 0.29) is 10.6 Å². The highest BCUT2D eigenvalue weighted by Crippen LogP contribution is 2.38. The Morgan fingerprint density at radius 1 is 0.972 bits per heavy atom. The predicted molar refractivity (Wildman–Crippen MR) is 143 cm³/mol. The monoisotopic (exact) mass is 520 g/mol. The van der Waals surface area contributed by atoms with E-state index in [0.717, 1.165) is 27.3 Å². The predicted octanol–water partition coefficient (Wildman–Crippen LogP) is 6.51.